The van der Waals surface area contributed by atoms with Gasteiger partial charge in [0.15, 0.2) is 5.82 Å². The van der Waals surface area contributed by atoms with Gasteiger partial charge in [-0.3, -0.25) is 0 Å². The fourth-order valence-corrected chi connectivity index (χ4v) is 2.05. The Balaban J connectivity index is 2.59. The lowest BCUT2D eigenvalue weighted by Gasteiger charge is -2.17. The Labute approximate surface area is 119 Å². The molecule has 0 fully saturated rings. The second-order valence-corrected chi connectivity index (χ2v) is 6.07. The van der Waals surface area contributed by atoms with Gasteiger partial charge >= 0.3 is 0 Å². The number of hydrogen-bond acceptors (Lipinski definition) is 4. The maximum Gasteiger partial charge on any atom is 0.223 e. The monoisotopic (exact) mass is 324 g/mol. The van der Waals surface area contributed by atoms with Crippen LogP contribution >= 0.6 is 15.9 Å². The Bertz CT molecular complexity index is 623. The zero-order chi connectivity index (χ0) is 14.2. The molecule has 0 atom stereocenters. The van der Waals surface area contributed by atoms with Crippen LogP contribution in [-0.2, 0) is 5.41 Å². The largest absolute Gasteiger partial charge is 0.368 e. The molecule has 0 aliphatic heterocycles. The van der Waals surface area contributed by atoms with Gasteiger partial charge in [0.25, 0.3) is 0 Å². The van der Waals surface area contributed by atoms with E-state index in [1.165, 1.54) is 12.1 Å². The van der Waals surface area contributed by atoms with Crippen molar-refractivity contribution in [1.29, 1.82) is 0 Å². The molecule has 19 heavy (non-hydrogen) atoms. The van der Waals surface area contributed by atoms with Crippen LogP contribution in [0, 0.1) is 5.82 Å². The van der Waals surface area contributed by atoms with Crippen molar-refractivity contribution >= 4 is 21.9 Å². The molecule has 0 bridgehead atoms. The van der Waals surface area contributed by atoms with E-state index in [-0.39, 0.29) is 17.2 Å². The standard InChI is InChI=1S/C13H14BrFN4/c1-13(2,3)11-17-10(18-12(16)19-11)8-5-4-7(15)6-9(8)14/h4-6H,1-3H3,(H2,16,17,18,19). The summed E-state index contributed by atoms with van der Waals surface area (Å²) in [4.78, 5) is 12.7. The summed E-state index contributed by atoms with van der Waals surface area (Å²) in [6.45, 7) is 5.97. The molecule has 6 heteroatoms. The first-order valence-electron chi connectivity index (χ1n) is 5.75. The first-order valence-corrected chi connectivity index (χ1v) is 6.54. The van der Waals surface area contributed by atoms with E-state index in [0.717, 1.165) is 0 Å². The van der Waals surface area contributed by atoms with Crippen LogP contribution in [0.3, 0.4) is 0 Å². The molecule has 0 amide bonds. The smallest absolute Gasteiger partial charge is 0.223 e. The van der Waals surface area contributed by atoms with Gasteiger partial charge in [-0.05, 0) is 34.1 Å². The predicted octanol–water partition coefficient (Wildman–Crippen LogP) is 3.32. The average Bonchev–Trinajstić information content (AvgIpc) is 2.26. The second kappa shape index (κ2) is 4.85. The summed E-state index contributed by atoms with van der Waals surface area (Å²) in [5.41, 5.74) is 6.17. The third-order valence-corrected chi connectivity index (χ3v) is 3.15. The van der Waals surface area contributed by atoms with Gasteiger partial charge < -0.3 is 5.73 Å². The molecule has 1 aromatic heterocycles. The number of anilines is 1. The Morgan fingerprint density at radius 3 is 2.42 bits per heavy atom. The molecule has 100 valence electrons. The van der Waals surface area contributed by atoms with Crippen molar-refractivity contribution in [3.05, 3.63) is 34.3 Å². The highest BCUT2D eigenvalue weighted by Gasteiger charge is 2.20. The van der Waals surface area contributed by atoms with Crippen LogP contribution in [0.2, 0.25) is 0 Å². The van der Waals surface area contributed by atoms with E-state index in [4.69, 9.17) is 5.73 Å². The highest BCUT2D eigenvalue weighted by atomic mass is 79.9. The fourth-order valence-electron chi connectivity index (χ4n) is 1.52. The number of nitrogens with zero attached hydrogens (tertiary/aromatic N) is 3. The second-order valence-electron chi connectivity index (χ2n) is 5.21. The van der Waals surface area contributed by atoms with Crippen LogP contribution in [-0.4, -0.2) is 15.0 Å². The minimum absolute atomic E-state index is 0.158. The van der Waals surface area contributed by atoms with Crippen molar-refractivity contribution in [2.45, 2.75) is 26.2 Å². The van der Waals surface area contributed by atoms with E-state index in [0.29, 0.717) is 21.7 Å². The minimum Gasteiger partial charge on any atom is -0.368 e. The van der Waals surface area contributed by atoms with E-state index in [2.05, 4.69) is 30.9 Å². The normalized spacial score (nSPS) is 11.6. The fraction of sp³-hybridized carbons (Fsp3) is 0.308. The third kappa shape index (κ3) is 3.07. The van der Waals surface area contributed by atoms with Crippen LogP contribution in [0.15, 0.2) is 22.7 Å². The molecule has 2 aromatic rings. The summed E-state index contributed by atoms with van der Waals surface area (Å²) in [7, 11) is 0. The van der Waals surface area contributed by atoms with Gasteiger partial charge in [0.2, 0.25) is 5.95 Å². The van der Waals surface area contributed by atoms with Gasteiger partial charge in [0.1, 0.15) is 11.6 Å². The number of nitrogen functional groups attached to an aromatic ring is 1. The van der Waals surface area contributed by atoms with Crippen LogP contribution < -0.4 is 5.73 Å². The first kappa shape index (κ1) is 13.9. The SMILES string of the molecule is CC(C)(C)c1nc(N)nc(-c2ccc(F)cc2Br)n1. The summed E-state index contributed by atoms with van der Waals surface area (Å²) in [6.07, 6.45) is 0. The molecular formula is C13H14BrFN4. The summed E-state index contributed by atoms with van der Waals surface area (Å²) >= 11 is 3.30. The summed E-state index contributed by atoms with van der Waals surface area (Å²) in [5, 5.41) is 0. The number of benzene rings is 1. The zero-order valence-corrected chi connectivity index (χ0v) is 12.5. The maximum absolute atomic E-state index is 13.1. The van der Waals surface area contributed by atoms with Gasteiger partial charge in [-0.1, -0.05) is 20.8 Å². The van der Waals surface area contributed by atoms with Crippen molar-refractivity contribution < 1.29 is 4.39 Å². The first-order chi connectivity index (χ1) is 8.77. The summed E-state index contributed by atoms with van der Waals surface area (Å²) < 4.78 is 13.7. The average molecular weight is 325 g/mol. The molecule has 0 saturated carbocycles. The van der Waals surface area contributed by atoms with Crippen LogP contribution in [0.5, 0.6) is 0 Å². The van der Waals surface area contributed by atoms with Crippen molar-refractivity contribution in [1.82, 2.24) is 15.0 Å². The number of nitrogens with two attached hydrogens (primary N) is 1. The molecule has 0 saturated heterocycles. The summed E-state index contributed by atoms with van der Waals surface area (Å²) in [5.74, 6) is 0.871. The summed E-state index contributed by atoms with van der Waals surface area (Å²) in [6, 6.07) is 4.34. The lowest BCUT2D eigenvalue weighted by Crippen LogP contribution is -2.18. The molecule has 0 aliphatic carbocycles. The lowest BCUT2D eigenvalue weighted by molar-refractivity contribution is 0.544. The van der Waals surface area contributed by atoms with E-state index in [1.54, 1.807) is 6.07 Å². The van der Waals surface area contributed by atoms with E-state index in [9.17, 15) is 4.39 Å². The molecule has 1 aromatic carbocycles. The number of halogens is 2. The van der Waals surface area contributed by atoms with Crippen molar-refractivity contribution in [2.75, 3.05) is 5.73 Å². The zero-order valence-electron chi connectivity index (χ0n) is 10.9. The van der Waals surface area contributed by atoms with Gasteiger partial charge in [-0.15, -0.1) is 0 Å². The van der Waals surface area contributed by atoms with Crippen LogP contribution in [0.1, 0.15) is 26.6 Å². The van der Waals surface area contributed by atoms with Gasteiger partial charge in [-0.25, -0.2) is 9.37 Å². The molecule has 0 unspecified atom stereocenters. The molecule has 4 nitrogen and oxygen atoms in total. The highest BCUT2D eigenvalue weighted by molar-refractivity contribution is 9.10. The molecule has 2 N–H and O–H groups in total. The quantitative estimate of drug-likeness (QED) is 0.873. The molecule has 0 spiro atoms. The van der Waals surface area contributed by atoms with Crippen LogP contribution in [0.4, 0.5) is 10.3 Å². The number of hydrogen-bond donors (Lipinski definition) is 1. The van der Waals surface area contributed by atoms with E-state index < -0.39 is 0 Å². The topological polar surface area (TPSA) is 64.7 Å². The number of rotatable bonds is 1. The van der Waals surface area contributed by atoms with Gasteiger partial charge in [0.05, 0.1) is 0 Å². The molecule has 1 heterocycles. The van der Waals surface area contributed by atoms with Crippen LogP contribution in [0.25, 0.3) is 11.4 Å². The van der Waals surface area contributed by atoms with Crippen molar-refractivity contribution in [2.24, 2.45) is 0 Å². The minimum atomic E-state index is -0.325. The Morgan fingerprint density at radius 1 is 1.16 bits per heavy atom. The third-order valence-electron chi connectivity index (χ3n) is 2.50. The Hall–Kier alpha value is -1.56. The Morgan fingerprint density at radius 2 is 1.84 bits per heavy atom. The predicted molar refractivity (Wildman–Crippen MR) is 76.0 cm³/mol. The Kier molecular flexibility index (Phi) is 3.54. The van der Waals surface area contributed by atoms with Crippen molar-refractivity contribution in [3.8, 4) is 11.4 Å². The number of aromatic nitrogens is 3. The molecule has 2 rings (SSSR count). The molecule has 0 aliphatic rings. The maximum atomic E-state index is 13.1. The molecular weight excluding hydrogens is 311 g/mol. The van der Waals surface area contributed by atoms with E-state index >= 15 is 0 Å². The molecule has 0 radical (unpaired) electrons. The van der Waals surface area contributed by atoms with Gasteiger partial charge in [-0.2, -0.15) is 9.97 Å². The van der Waals surface area contributed by atoms with Gasteiger partial charge in [0, 0.05) is 15.5 Å². The highest BCUT2D eigenvalue weighted by Crippen LogP contribution is 2.28. The lowest BCUT2D eigenvalue weighted by atomic mass is 9.96. The van der Waals surface area contributed by atoms with Crippen molar-refractivity contribution in [3.63, 3.8) is 0 Å². The van der Waals surface area contributed by atoms with E-state index in [1.807, 2.05) is 20.8 Å².